The molecule has 6 heteroatoms. The van der Waals surface area contributed by atoms with Crippen LogP contribution in [-0.2, 0) is 19.3 Å². The van der Waals surface area contributed by atoms with E-state index in [4.69, 9.17) is 0 Å². The molecule has 1 aliphatic carbocycles. The zero-order chi connectivity index (χ0) is 22.7. The lowest BCUT2D eigenvalue weighted by Crippen LogP contribution is -2.30. The smallest absolute Gasteiger partial charge is 0.267 e. The lowest BCUT2D eigenvalue weighted by molar-refractivity contribution is 0.0773. The molecule has 0 saturated carbocycles. The van der Waals surface area contributed by atoms with Gasteiger partial charge in [0, 0.05) is 36.2 Å². The van der Waals surface area contributed by atoms with Crippen molar-refractivity contribution in [2.45, 2.75) is 46.0 Å². The molecule has 0 unspecified atom stereocenters. The Morgan fingerprint density at radius 1 is 1.06 bits per heavy atom. The van der Waals surface area contributed by atoms with Crippen LogP contribution >= 0.6 is 0 Å². The molecule has 4 rings (SSSR count). The second-order valence-electron chi connectivity index (χ2n) is 8.21. The molecule has 0 saturated heterocycles. The average Bonchev–Trinajstić information content (AvgIpc) is 2.83. The summed E-state index contributed by atoms with van der Waals surface area (Å²) in [6.45, 7) is 5.13. The fourth-order valence-electron chi connectivity index (χ4n) is 4.48. The van der Waals surface area contributed by atoms with Crippen molar-refractivity contribution in [3.8, 4) is 11.1 Å². The van der Waals surface area contributed by atoms with Gasteiger partial charge in [-0.25, -0.2) is 9.49 Å². The number of aromatic nitrogens is 2. The lowest BCUT2D eigenvalue weighted by Gasteiger charge is -2.19. The summed E-state index contributed by atoms with van der Waals surface area (Å²) in [5.41, 5.74) is 5.21. The van der Waals surface area contributed by atoms with Gasteiger partial charge in [0.25, 0.3) is 11.5 Å². The highest BCUT2D eigenvalue weighted by molar-refractivity contribution is 5.95. The number of fused-ring (bicyclic) bond motifs is 1. The standard InChI is InChI=1S/C26H28FN3O2/c1-3-30(4-2)26(32)19-9-7-8-18(16-19)22-14-17(12-13-23(22)27)15-24-20-10-5-6-11-21(20)25(31)29-28-24/h7-9,12-14,16H,3-6,10-11,15H2,1-2H3,(H,29,31). The van der Waals surface area contributed by atoms with Gasteiger partial charge < -0.3 is 4.90 Å². The predicted octanol–water partition coefficient (Wildman–Crippen LogP) is 4.53. The van der Waals surface area contributed by atoms with Crippen LogP contribution in [0, 0.1) is 5.82 Å². The van der Waals surface area contributed by atoms with Gasteiger partial charge in [0.05, 0.1) is 5.69 Å². The van der Waals surface area contributed by atoms with Gasteiger partial charge in [-0.3, -0.25) is 9.59 Å². The van der Waals surface area contributed by atoms with Gasteiger partial charge >= 0.3 is 0 Å². The maximum atomic E-state index is 14.8. The molecule has 1 aromatic heterocycles. The lowest BCUT2D eigenvalue weighted by atomic mass is 9.89. The third-order valence-corrected chi connectivity index (χ3v) is 6.26. The van der Waals surface area contributed by atoms with E-state index in [1.165, 1.54) is 6.07 Å². The first-order chi connectivity index (χ1) is 15.5. The number of carbonyl (C=O) groups excluding carboxylic acids is 1. The monoisotopic (exact) mass is 433 g/mol. The first kappa shape index (κ1) is 21.9. The minimum Gasteiger partial charge on any atom is -0.339 e. The van der Waals surface area contributed by atoms with Crippen molar-refractivity contribution in [1.82, 2.24) is 15.1 Å². The molecule has 0 aliphatic heterocycles. The van der Waals surface area contributed by atoms with Gasteiger partial charge in [0.1, 0.15) is 5.82 Å². The molecule has 2 aromatic carbocycles. The molecular weight excluding hydrogens is 405 g/mol. The number of rotatable bonds is 6. The van der Waals surface area contributed by atoms with E-state index in [1.54, 1.807) is 29.2 Å². The molecule has 1 heterocycles. The molecule has 166 valence electrons. The highest BCUT2D eigenvalue weighted by atomic mass is 19.1. The van der Waals surface area contributed by atoms with Gasteiger partial charge in [-0.1, -0.05) is 18.2 Å². The van der Waals surface area contributed by atoms with E-state index < -0.39 is 0 Å². The zero-order valence-electron chi connectivity index (χ0n) is 18.6. The van der Waals surface area contributed by atoms with Crippen LogP contribution in [0.1, 0.15) is 59.4 Å². The Kier molecular flexibility index (Phi) is 6.49. The molecule has 0 fully saturated rings. The van der Waals surface area contributed by atoms with Crippen LogP contribution in [0.25, 0.3) is 11.1 Å². The number of H-pyrrole nitrogens is 1. The van der Waals surface area contributed by atoms with Gasteiger partial charge in [-0.2, -0.15) is 5.10 Å². The summed E-state index contributed by atoms with van der Waals surface area (Å²) in [5, 5.41) is 6.93. The number of benzene rings is 2. The van der Waals surface area contributed by atoms with Crippen molar-refractivity contribution in [2.75, 3.05) is 13.1 Å². The molecule has 1 aliphatic rings. The van der Waals surface area contributed by atoms with Crippen molar-refractivity contribution in [3.05, 3.63) is 86.6 Å². The van der Waals surface area contributed by atoms with Gasteiger partial charge in [0.2, 0.25) is 0 Å². The average molecular weight is 434 g/mol. The van der Waals surface area contributed by atoms with Gasteiger partial charge in [-0.15, -0.1) is 0 Å². The maximum absolute atomic E-state index is 14.8. The summed E-state index contributed by atoms with van der Waals surface area (Å²) in [5.74, 6) is -0.393. The molecule has 0 spiro atoms. The molecule has 1 N–H and O–H groups in total. The van der Waals surface area contributed by atoms with Crippen LogP contribution in [-0.4, -0.2) is 34.1 Å². The summed E-state index contributed by atoms with van der Waals surface area (Å²) in [6.07, 6.45) is 4.22. The van der Waals surface area contributed by atoms with E-state index in [9.17, 15) is 14.0 Å². The summed E-state index contributed by atoms with van der Waals surface area (Å²) in [4.78, 5) is 26.6. The number of amides is 1. The Bertz CT molecular complexity index is 1200. The van der Waals surface area contributed by atoms with Crippen molar-refractivity contribution in [3.63, 3.8) is 0 Å². The minimum atomic E-state index is -0.336. The fraction of sp³-hybridized carbons (Fsp3) is 0.346. The molecule has 3 aromatic rings. The SMILES string of the molecule is CCN(CC)C(=O)c1cccc(-c2cc(Cc3n[nH]c(=O)c4c3CCCC4)ccc2F)c1. The number of nitrogens with zero attached hydrogens (tertiary/aromatic N) is 2. The highest BCUT2D eigenvalue weighted by Gasteiger charge is 2.19. The quantitative estimate of drug-likeness (QED) is 0.621. The number of hydrogen-bond donors (Lipinski definition) is 1. The van der Waals surface area contributed by atoms with Crippen LogP contribution in [0.4, 0.5) is 4.39 Å². The predicted molar refractivity (Wildman–Crippen MR) is 123 cm³/mol. The highest BCUT2D eigenvalue weighted by Crippen LogP contribution is 2.28. The van der Waals surface area contributed by atoms with E-state index in [0.29, 0.717) is 36.2 Å². The second kappa shape index (κ2) is 9.47. The number of halogens is 1. The Hall–Kier alpha value is -3.28. The molecule has 5 nitrogen and oxygen atoms in total. The Morgan fingerprint density at radius 3 is 2.56 bits per heavy atom. The van der Waals surface area contributed by atoms with Gasteiger partial charge in [-0.05, 0) is 80.5 Å². The van der Waals surface area contributed by atoms with E-state index in [2.05, 4.69) is 10.2 Å². The van der Waals surface area contributed by atoms with E-state index >= 15 is 0 Å². The number of nitrogens with one attached hydrogen (secondary N) is 1. The van der Waals surface area contributed by atoms with E-state index in [1.807, 2.05) is 26.0 Å². The van der Waals surface area contributed by atoms with E-state index in [-0.39, 0.29) is 17.3 Å². The van der Waals surface area contributed by atoms with Crippen LogP contribution in [0.15, 0.2) is 47.3 Å². The van der Waals surface area contributed by atoms with Crippen LogP contribution in [0.3, 0.4) is 0 Å². The van der Waals surface area contributed by atoms with Crippen molar-refractivity contribution in [1.29, 1.82) is 0 Å². The summed E-state index contributed by atoms with van der Waals surface area (Å²) in [6, 6.07) is 12.2. The fourth-order valence-corrected chi connectivity index (χ4v) is 4.48. The second-order valence-corrected chi connectivity index (χ2v) is 8.21. The molecule has 32 heavy (non-hydrogen) atoms. The number of hydrogen-bond acceptors (Lipinski definition) is 3. The van der Waals surface area contributed by atoms with Crippen molar-refractivity contribution in [2.24, 2.45) is 0 Å². The largest absolute Gasteiger partial charge is 0.339 e. The van der Waals surface area contributed by atoms with Crippen LogP contribution in [0.2, 0.25) is 0 Å². The first-order valence-electron chi connectivity index (χ1n) is 11.3. The molecule has 0 bridgehead atoms. The summed E-state index contributed by atoms with van der Waals surface area (Å²) >= 11 is 0. The maximum Gasteiger partial charge on any atom is 0.267 e. The van der Waals surface area contributed by atoms with Crippen LogP contribution in [0.5, 0.6) is 0 Å². The van der Waals surface area contributed by atoms with E-state index in [0.717, 1.165) is 48.1 Å². The van der Waals surface area contributed by atoms with Gasteiger partial charge in [0.15, 0.2) is 0 Å². The Labute approximate surface area is 187 Å². The molecular formula is C26H28FN3O2. The van der Waals surface area contributed by atoms with Crippen LogP contribution < -0.4 is 5.56 Å². The van der Waals surface area contributed by atoms with Crippen molar-refractivity contribution < 1.29 is 9.18 Å². The molecule has 0 radical (unpaired) electrons. The minimum absolute atomic E-state index is 0.0579. The summed E-state index contributed by atoms with van der Waals surface area (Å²) < 4.78 is 14.8. The normalized spacial score (nSPS) is 13.0. The topological polar surface area (TPSA) is 66.1 Å². The first-order valence-corrected chi connectivity index (χ1v) is 11.3. The third-order valence-electron chi connectivity index (χ3n) is 6.26. The summed E-state index contributed by atoms with van der Waals surface area (Å²) in [7, 11) is 0. The Balaban J connectivity index is 1.67. The number of carbonyl (C=O) groups is 1. The number of aromatic amines is 1. The molecule has 0 atom stereocenters. The zero-order valence-corrected chi connectivity index (χ0v) is 18.6. The van der Waals surface area contributed by atoms with Crippen molar-refractivity contribution >= 4 is 5.91 Å². The Morgan fingerprint density at radius 2 is 1.81 bits per heavy atom. The molecule has 1 amide bonds. The third kappa shape index (κ3) is 4.35.